The molecule has 0 radical (unpaired) electrons. The van der Waals surface area contributed by atoms with E-state index in [9.17, 15) is 4.79 Å². The van der Waals surface area contributed by atoms with E-state index in [4.69, 9.17) is 5.26 Å². The van der Waals surface area contributed by atoms with Crippen LogP contribution in [-0.4, -0.2) is 11.9 Å². The Labute approximate surface area is 119 Å². The number of hydrogen-bond acceptors (Lipinski definition) is 3. The van der Waals surface area contributed by atoms with Gasteiger partial charge in [0, 0.05) is 17.9 Å². The summed E-state index contributed by atoms with van der Waals surface area (Å²) >= 11 is 0. The van der Waals surface area contributed by atoms with E-state index in [1.54, 1.807) is 0 Å². The molecule has 0 spiro atoms. The molecule has 0 unspecified atom stereocenters. The molecule has 20 heavy (non-hydrogen) atoms. The standard InChI is InChI=1S/C16H19N3O/c17-11-13(12-18-14-7-3-1-4-8-14)16(20)19-15-9-5-2-6-10-15/h1,3-4,7-8,12,15,18H,2,5-6,9-10H2,(H,19,20)/b13-12-. The van der Waals surface area contributed by atoms with Crippen LogP contribution in [0.2, 0.25) is 0 Å². The van der Waals surface area contributed by atoms with Gasteiger partial charge in [-0.2, -0.15) is 5.26 Å². The van der Waals surface area contributed by atoms with E-state index in [0.717, 1.165) is 31.4 Å². The number of carbonyl (C=O) groups excluding carboxylic acids is 1. The number of rotatable bonds is 4. The van der Waals surface area contributed by atoms with Crippen LogP contribution in [0.5, 0.6) is 0 Å². The van der Waals surface area contributed by atoms with Crippen molar-refractivity contribution in [3.63, 3.8) is 0 Å². The molecule has 4 heteroatoms. The zero-order valence-electron chi connectivity index (χ0n) is 11.4. The molecule has 1 saturated carbocycles. The normalized spacial score (nSPS) is 16.2. The van der Waals surface area contributed by atoms with Crippen molar-refractivity contribution in [2.75, 3.05) is 5.32 Å². The summed E-state index contributed by atoms with van der Waals surface area (Å²) < 4.78 is 0. The molecule has 0 aromatic heterocycles. The molecule has 1 aliphatic rings. The Bertz CT molecular complexity index is 510. The van der Waals surface area contributed by atoms with Crippen molar-refractivity contribution in [1.82, 2.24) is 5.32 Å². The van der Waals surface area contributed by atoms with E-state index >= 15 is 0 Å². The van der Waals surface area contributed by atoms with Crippen LogP contribution >= 0.6 is 0 Å². The van der Waals surface area contributed by atoms with Crippen LogP contribution in [0, 0.1) is 11.3 Å². The summed E-state index contributed by atoms with van der Waals surface area (Å²) in [6.45, 7) is 0. The highest BCUT2D eigenvalue weighted by Gasteiger charge is 2.17. The van der Waals surface area contributed by atoms with E-state index in [1.807, 2.05) is 36.4 Å². The summed E-state index contributed by atoms with van der Waals surface area (Å²) in [6, 6.07) is 11.6. The zero-order valence-corrected chi connectivity index (χ0v) is 11.4. The Morgan fingerprint density at radius 2 is 1.90 bits per heavy atom. The van der Waals surface area contributed by atoms with Gasteiger partial charge in [0.05, 0.1) is 0 Å². The smallest absolute Gasteiger partial charge is 0.263 e. The molecule has 0 bridgehead atoms. The topological polar surface area (TPSA) is 64.9 Å². The van der Waals surface area contributed by atoms with Gasteiger partial charge >= 0.3 is 0 Å². The second kappa shape index (κ2) is 7.34. The molecule has 1 fully saturated rings. The first-order valence-electron chi connectivity index (χ1n) is 7.02. The summed E-state index contributed by atoms with van der Waals surface area (Å²) in [6.07, 6.45) is 7.03. The Balaban J connectivity index is 1.93. The fourth-order valence-corrected chi connectivity index (χ4v) is 2.35. The van der Waals surface area contributed by atoms with Gasteiger partial charge in [0.1, 0.15) is 11.6 Å². The minimum Gasteiger partial charge on any atom is -0.360 e. The molecule has 1 aromatic rings. The average Bonchev–Trinajstić information content (AvgIpc) is 2.50. The van der Waals surface area contributed by atoms with E-state index in [1.165, 1.54) is 12.6 Å². The molecule has 0 heterocycles. The molecule has 0 aliphatic heterocycles. The number of nitrogens with zero attached hydrogens (tertiary/aromatic N) is 1. The third-order valence-electron chi connectivity index (χ3n) is 3.46. The summed E-state index contributed by atoms with van der Waals surface area (Å²) in [5.41, 5.74) is 0.963. The van der Waals surface area contributed by atoms with Gasteiger partial charge in [0.2, 0.25) is 0 Å². The lowest BCUT2D eigenvalue weighted by Gasteiger charge is -2.22. The molecule has 2 N–H and O–H groups in total. The predicted molar refractivity (Wildman–Crippen MR) is 78.8 cm³/mol. The monoisotopic (exact) mass is 269 g/mol. The van der Waals surface area contributed by atoms with E-state index < -0.39 is 0 Å². The Hall–Kier alpha value is -2.28. The number of nitriles is 1. The predicted octanol–water partition coefficient (Wildman–Crippen LogP) is 2.95. The highest BCUT2D eigenvalue weighted by Crippen LogP contribution is 2.17. The third kappa shape index (κ3) is 4.13. The van der Waals surface area contributed by atoms with Crippen molar-refractivity contribution in [2.45, 2.75) is 38.1 Å². The molecule has 1 aliphatic carbocycles. The number of para-hydroxylation sites is 1. The van der Waals surface area contributed by atoms with Gasteiger partial charge in [-0.3, -0.25) is 4.79 Å². The number of anilines is 1. The minimum absolute atomic E-state index is 0.111. The van der Waals surface area contributed by atoms with Crippen LogP contribution in [0.3, 0.4) is 0 Å². The van der Waals surface area contributed by atoms with Gasteiger partial charge in [-0.15, -0.1) is 0 Å². The molecular weight excluding hydrogens is 250 g/mol. The Morgan fingerprint density at radius 3 is 2.55 bits per heavy atom. The van der Waals surface area contributed by atoms with E-state index in [2.05, 4.69) is 10.6 Å². The second-order valence-electron chi connectivity index (χ2n) is 4.99. The minimum atomic E-state index is -0.289. The van der Waals surface area contributed by atoms with Crippen LogP contribution in [-0.2, 0) is 4.79 Å². The van der Waals surface area contributed by atoms with Crippen LogP contribution in [0.4, 0.5) is 5.69 Å². The molecule has 2 rings (SSSR count). The Kier molecular flexibility index (Phi) is 5.19. The highest BCUT2D eigenvalue weighted by atomic mass is 16.1. The molecule has 0 atom stereocenters. The van der Waals surface area contributed by atoms with Crippen molar-refractivity contribution >= 4 is 11.6 Å². The first-order chi connectivity index (χ1) is 9.79. The van der Waals surface area contributed by atoms with Crippen molar-refractivity contribution in [2.24, 2.45) is 0 Å². The van der Waals surface area contributed by atoms with Crippen molar-refractivity contribution in [3.05, 3.63) is 42.1 Å². The van der Waals surface area contributed by atoms with Gasteiger partial charge < -0.3 is 10.6 Å². The van der Waals surface area contributed by atoms with Gasteiger partial charge in [-0.1, -0.05) is 37.5 Å². The van der Waals surface area contributed by atoms with Gasteiger partial charge in [-0.25, -0.2) is 0 Å². The number of carbonyl (C=O) groups is 1. The van der Waals surface area contributed by atoms with Crippen molar-refractivity contribution in [3.8, 4) is 6.07 Å². The largest absolute Gasteiger partial charge is 0.360 e. The average molecular weight is 269 g/mol. The van der Waals surface area contributed by atoms with Crippen LogP contribution < -0.4 is 10.6 Å². The zero-order chi connectivity index (χ0) is 14.2. The first kappa shape index (κ1) is 14.1. The molecule has 4 nitrogen and oxygen atoms in total. The highest BCUT2D eigenvalue weighted by molar-refractivity contribution is 5.97. The van der Waals surface area contributed by atoms with Gasteiger partial charge in [0.15, 0.2) is 0 Å². The summed E-state index contributed by atoms with van der Waals surface area (Å²) in [7, 11) is 0. The fraction of sp³-hybridized carbons (Fsp3) is 0.375. The number of nitrogens with one attached hydrogen (secondary N) is 2. The Morgan fingerprint density at radius 1 is 1.20 bits per heavy atom. The fourth-order valence-electron chi connectivity index (χ4n) is 2.35. The maximum atomic E-state index is 12.0. The molecular formula is C16H19N3O. The van der Waals surface area contributed by atoms with Crippen LogP contribution in [0.25, 0.3) is 0 Å². The quantitative estimate of drug-likeness (QED) is 0.652. The number of benzene rings is 1. The van der Waals surface area contributed by atoms with Gasteiger partial charge in [-0.05, 0) is 25.0 Å². The summed E-state index contributed by atoms with van der Waals surface area (Å²) in [5.74, 6) is -0.289. The third-order valence-corrected chi connectivity index (χ3v) is 3.46. The van der Waals surface area contributed by atoms with Crippen molar-refractivity contribution < 1.29 is 4.79 Å². The SMILES string of the molecule is N#C/C(=C/Nc1ccccc1)C(=O)NC1CCCCC1. The first-order valence-corrected chi connectivity index (χ1v) is 7.02. The number of amides is 1. The lowest BCUT2D eigenvalue weighted by molar-refractivity contribution is -0.118. The van der Waals surface area contributed by atoms with E-state index in [0.29, 0.717) is 0 Å². The van der Waals surface area contributed by atoms with Crippen molar-refractivity contribution in [1.29, 1.82) is 5.26 Å². The second-order valence-corrected chi connectivity index (χ2v) is 4.99. The van der Waals surface area contributed by atoms with E-state index in [-0.39, 0.29) is 17.5 Å². The maximum absolute atomic E-state index is 12.0. The number of hydrogen-bond donors (Lipinski definition) is 2. The van der Waals surface area contributed by atoms with Gasteiger partial charge in [0.25, 0.3) is 5.91 Å². The van der Waals surface area contributed by atoms with Crippen LogP contribution in [0.1, 0.15) is 32.1 Å². The summed E-state index contributed by atoms with van der Waals surface area (Å²) in [4.78, 5) is 12.0. The molecule has 1 amide bonds. The maximum Gasteiger partial charge on any atom is 0.263 e. The summed E-state index contributed by atoms with van der Waals surface area (Å²) in [5, 5.41) is 15.0. The molecule has 1 aromatic carbocycles. The lowest BCUT2D eigenvalue weighted by atomic mass is 9.95. The molecule has 104 valence electrons. The van der Waals surface area contributed by atoms with Crippen LogP contribution in [0.15, 0.2) is 42.1 Å². The lowest BCUT2D eigenvalue weighted by Crippen LogP contribution is -2.37. The molecule has 0 saturated heterocycles.